The molecule has 0 fully saturated rings. The number of fused-ring (bicyclic) bond motifs is 2. The van der Waals surface area contributed by atoms with Gasteiger partial charge in [0, 0.05) is 0 Å². The third-order valence-electron chi connectivity index (χ3n) is 4.15. The summed E-state index contributed by atoms with van der Waals surface area (Å²) in [7, 11) is 1.94. The number of benzene rings is 2. The number of hydrogen-bond acceptors (Lipinski definition) is 1. The van der Waals surface area contributed by atoms with E-state index in [1.165, 1.54) is 27.8 Å². The molecule has 0 radical (unpaired) electrons. The normalized spacial score (nSPS) is 16.2. The molecule has 2 aromatic rings. The van der Waals surface area contributed by atoms with Crippen molar-refractivity contribution in [2.24, 2.45) is 0 Å². The third-order valence-corrected chi connectivity index (χ3v) is 4.15. The number of rotatable bonds is 1. The Balaban J connectivity index is 2.15. The SMILES string of the molecule is CNCC#CC1c2ccccc2CCc2ccc(C)cc21. The summed E-state index contributed by atoms with van der Waals surface area (Å²) in [5.41, 5.74) is 6.97. The molecule has 0 bridgehead atoms. The minimum atomic E-state index is 0.201. The van der Waals surface area contributed by atoms with Gasteiger partial charge in [-0.3, -0.25) is 0 Å². The van der Waals surface area contributed by atoms with Crippen molar-refractivity contribution in [2.45, 2.75) is 25.7 Å². The van der Waals surface area contributed by atoms with Crippen LogP contribution in [0.4, 0.5) is 0 Å². The first-order chi connectivity index (χ1) is 10.3. The van der Waals surface area contributed by atoms with Gasteiger partial charge in [-0.25, -0.2) is 0 Å². The van der Waals surface area contributed by atoms with E-state index >= 15 is 0 Å². The van der Waals surface area contributed by atoms with Gasteiger partial charge in [0.25, 0.3) is 0 Å². The zero-order chi connectivity index (χ0) is 14.7. The Morgan fingerprint density at radius 2 is 1.81 bits per heavy atom. The molecule has 1 N–H and O–H groups in total. The topological polar surface area (TPSA) is 12.0 Å². The fraction of sp³-hybridized carbons (Fsp3) is 0.300. The lowest BCUT2D eigenvalue weighted by Crippen LogP contribution is -2.06. The maximum Gasteiger partial charge on any atom is 0.0708 e. The van der Waals surface area contributed by atoms with Gasteiger partial charge in [-0.05, 0) is 49.1 Å². The predicted molar refractivity (Wildman–Crippen MR) is 88.6 cm³/mol. The van der Waals surface area contributed by atoms with E-state index < -0.39 is 0 Å². The minimum Gasteiger partial charge on any atom is -0.309 e. The van der Waals surface area contributed by atoms with Gasteiger partial charge >= 0.3 is 0 Å². The molecule has 0 saturated heterocycles. The Bertz CT molecular complexity index is 703. The van der Waals surface area contributed by atoms with E-state index in [9.17, 15) is 0 Å². The molecule has 3 rings (SSSR count). The van der Waals surface area contributed by atoms with Gasteiger partial charge in [0.2, 0.25) is 0 Å². The lowest BCUT2D eigenvalue weighted by Gasteiger charge is -2.15. The van der Waals surface area contributed by atoms with Crippen molar-refractivity contribution in [3.63, 3.8) is 0 Å². The van der Waals surface area contributed by atoms with Gasteiger partial charge in [-0.15, -0.1) is 0 Å². The summed E-state index contributed by atoms with van der Waals surface area (Å²) in [5.74, 6) is 6.96. The van der Waals surface area contributed by atoms with Crippen LogP contribution in [0.2, 0.25) is 0 Å². The molecule has 1 aliphatic carbocycles. The number of nitrogens with one attached hydrogen (secondary N) is 1. The van der Waals surface area contributed by atoms with Gasteiger partial charge in [0.05, 0.1) is 12.5 Å². The van der Waals surface area contributed by atoms with Gasteiger partial charge in [0.15, 0.2) is 0 Å². The highest BCUT2D eigenvalue weighted by Crippen LogP contribution is 2.34. The van der Waals surface area contributed by atoms with Crippen molar-refractivity contribution in [2.75, 3.05) is 13.6 Å². The van der Waals surface area contributed by atoms with Crippen LogP contribution < -0.4 is 5.32 Å². The lowest BCUT2D eigenvalue weighted by atomic mass is 9.88. The summed E-state index contributed by atoms with van der Waals surface area (Å²) < 4.78 is 0. The summed E-state index contributed by atoms with van der Waals surface area (Å²) in [6.07, 6.45) is 2.22. The second-order valence-electron chi connectivity index (χ2n) is 5.69. The molecule has 0 aromatic heterocycles. The van der Waals surface area contributed by atoms with Crippen LogP contribution in [-0.4, -0.2) is 13.6 Å². The average Bonchev–Trinajstić information content (AvgIpc) is 2.65. The molecule has 1 atom stereocenters. The summed E-state index contributed by atoms with van der Waals surface area (Å²) in [6.45, 7) is 2.90. The standard InChI is InChI=1S/C20H21N/c1-15-9-10-17-12-11-16-6-3-4-7-18(16)19(20(17)14-15)8-5-13-21-2/h3-4,6-7,9-10,14,19,21H,11-13H2,1-2H3. The lowest BCUT2D eigenvalue weighted by molar-refractivity contribution is 0.934. The summed E-state index contributed by atoms with van der Waals surface area (Å²) in [5, 5.41) is 3.11. The van der Waals surface area contributed by atoms with Crippen LogP contribution in [-0.2, 0) is 12.8 Å². The fourth-order valence-electron chi connectivity index (χ4n) is 3.09. The molecule has 2 aromatic carbocycles. The molecular weight excluding hydrogens is 254 g/mol. The summed E-state index contributed by atoms with van der Waals surface area (Å²) >= 11 is 0. The van der Waals surface area contributed by atoms with E-state index in [4.69, 9.17) is 0 Å². The van der Waals surface area contributed by atoms with Crippen LogP contribution in [0, 0.1) is 18.8 Å². The number of aryl methyl sites for hydroxylation is 3. The van der Waals surface area contributed by atoms with Crippen molar-refractivity contribution in [3.8, 4) is 11.8 Å². The van der Waals surface area contributed by atoms with E-state index in [0.29, 0.717) is 0 Å². The van der Waals surface area contributed by atoms with Crippen molar-refractivity contribution >= 4 is 0 Å². The second-order valence-corrected chi connectivity index (χ2v) is 5.69. The highest BCUT2D eigenvalue weighted by molar-refractivity contribution is 5.50. The Labute approximate surface area is 127 Å². The van der Waals surface area contributed by atoms with Gasteiger partial charge < -0.3 is 5.32 Å². The first-order valence-corrected chi connectivity index (χ1v) is 7.60. The highest BCUT2D eigenvalue weighted by atomic mass is 14.8. The molecule has 1 heteroatoms. The molecule has 0 heterocycles. The molecule has 1 nitrogen and oxygen atoms in total. The predicted octanol–water partition coefficient (Wildman–Crippen LogP) is 3.45. The van der Waals surface area contributed by atoms with Crippen LogP contribution in [0.25, 0.3) is 0 Å². The first kappa shape index (κ1) is 13.9. The van der Waals surface area contributed by atoms with Crippen LogP contribution in [0.5, 0.6) is 0 Å². The third kappa shape index (κ3) is 2.86. The zero-order valence-electron chi connectivity index (χ0n) is 12.7. The van der Waals surface area contributed by atoms with Gasteiger partial charge in [-0.1, -0.05) is 59.9 Å². The largest absolute Gasteiger partial charge is 0.309 e. The molecular formula is C20H21N. The van der Waals surface area contributed by atoms with Crippen molar-refractivity contribution < 1.29 is 0 Å². The minimum absolute atomic E-state index is 0.201. The maximum atomic E-state index is 3.49. The quantitative estimate of drug-likeness (QED) is 0.786. The molecule has 0 spiro atoms. The molecule has 0 aliphatic heterocycles. The zero-order valence-corrected chi connectivity index (χ0v) is 12.7. The van der Waals surface area contributed by atoms with Crippen LogP contribution >= 0.6 is 0 Å². The highest BCUT2D eigenvalue weighted by Gasteiger charge is 2.21. The van der Waals surface area contributed by atoms with E-state index in [2.05, 4.69) is 66.5 Å². The molecule has 0 saturated carbocycles. The first-order valence-electron chi connectivity index (χ1n) is 7.60. The Morgan fingerprint density at radius 1 is 1.05 bits per heavy atom. The summed E-state index contributed by atoms with van der Waals surface area (Å²) in [6, 6.07) is 15.6. The maximum absolute atomic E-state index is 3.49. The molecule has 106 valence electrons. The summed E-state index contributed by atoms with van der Waals surface area (Å²) in [4.78, 5) is 0. The Kier molecular flexibility index (Phi) is 4.08. The molecule has 1 unspecified atom stereocenters. The monoisotopic (exact) mass is 275 g/mol. The van der Waals surface area contributed by atoms with Crippen LogP contribution in [0.1, 0.15) is 33.7 Å². The van der Waals surface area contributed by atoms with Crippen molar-refractivity contribution in [3.05, 3.63) is 70.3 Å². The molecule has 1 aliphatic rings. The average molecular weight is 275 g/mol. The van der Waals surface area contributed by atoms with E-state index in [0.717, 1.165) is 19.4 Å². The van der Waals surface area contributed by atoms with E-state index in [1.54, 1.807) is 0 Å². The van der Waals surface area contributed by atoms with Crippen LogP contribution in [0.3, 0.4) is 0 Å². The molecule has 0 amide bonds. The Hall–Kier alpha value is -2.04. The Morgan fingerprint density at radius 3 is 2.62 bits per heavy atom. The smallest absolute Gasteiger partial charge is 0.0708 e. The van der Waals surface area contributed by atoms with Crippen LogP contribution in [0.15, 0.2) is 42.5 Å². The fourth-order valence-corrected chi connectivity index (χ4v) is 3.09. The second kappa shape index (κ2) is 6.16. The van der Waals surface area contributed by atoms with E-state index in [1.807, 2.05) is 7.05 Å². The van der Waals surface area contributed by atoms with E-state index in [-0.39, 0.29) is 5.92 Å². The van der Waals surface area contributed by atoms with Gasteiger partial charge in [0.1, 0.15) is 0 Å². The van der Waals surface area contributed by atoms with Gasteiger partial charge in [-0.2, -0.15) is 0 Å². The van der Waals surface area contributed by atoms with Crippen molar-refractivity contribution in [1.29, 1.82) is 0 Å². The molecule has 21 heavy (non-hydrogen) atoms. The van der Waals surface area contributed by atoms with Crippen molar-refractivity contribution in [1.82, 2.24) is 5.32 Å². The number of hydrogen-bond donors (Lipinski definition) is 1.